The summed E-state index contributed by atoms with van der Waals surface area (Å²) in [5.74, 6) is -1.50. The third-order valence-electron chi connectivity index (χ3n) is 2.16. The molecule has 0 spiro atoms. The summed E-state index contributed by atoms with van der Waals surface area (Å²) in [6.07, 6.45) is 1.89. The summed E-state index contributed by atoms with van der Waals surface area (Å²) in [5, 5.41) is 4.98. The Morgan fingerprint density at radius 1 is 1.38 bits per heavy atom. The molecule has 2 amide bonds. The number of carbonyl (C=O) groups excluding carboxylic acids is 1. The first-order chi connectivity index (χ1) is 7.56. The predicted molar refractivity (Wildman–Crippen MR) is 59.2 cm³/mol. The Kier molecular flexibility index (Phi) is 3.09. The van der Waals surface area contributed by atoms with Gasteiger partial charge in [-0.2, -0.15) is 0 Å². The number of anilines is 1. The summed E-state index contributed by atoms with van der Waals surface area (Å²) in [6, 6.07) is 1.52. The minimum absolute atomic E-state index is 0.0560. The summed E-state index contributed by atoms with van der Waals surface area (Å²) in [7, 11) is 0. The van der Waals surface area contributed by atoms with Gasteiger partial charge in [0, 0.05) is 16.6 Å². The molecule has 2 rings (SSSR count). The summed E-state index contributed by atoms with van der Waals surface area (Å²) in [4.78, 5) is 11.3. The van der Waals surface area contributed by atoms with Gasteiger partial charge in [-0.05, 0) is 34.8 Å². The van der Waals surface area contributed by atoms with Crippen LogP contribution in [0.5, 0.6) is 0 Å². The summed E-state index contributed by atoms with van der Waals surface area (Å²) >= 11 is 2.99. The molecule has 86 valence electrons. The number of nitrogens with one attached hydrogen (secondary N) is 2. The maximum atomic E-state index is 13.3. The van der Waals surface area contributed by atoms with Crippen molar-refractivity contribution in [3.05, 3.63) is 28.2 Å². The lowest BCUT2D eigenvalue weighted by molar-refractivity contribution is 0.251. The van der Waals surface area contributed by atoms with Crippen LogP contribution in [0.3, 0.4) is 0 Å². The number of amides is 2. The lowest BCUT2D eigenvalue weighted by atomic mass is 10.3. The molecule has 0 heterocycles. The Morgan fingerprint density at radius 2 is 2.06 bits per heavy atom. The fourth-order valence-electron chi connectivity index (χ4n) is 1.22. The van der Waals surface area contributed by atoms with Crippen molar-refractivity contribution in [2.45, 2.75) is 18.9 Å². The van der Waals surface area contributed by atoms with Crippen LogP contribution in [0.1, 0.15) is 12.8 Å². The average molecular weight is 291 g/mol. The Bertz CT molecular complexity index is 412. The topological polar surface area (TPSA) is 41.1 Å². The van der Waals surface area contributed by atoms with Gasteiger partial charge in [-0.1, -0.05) is 0 Å². The van der Waals surface area contributed by atoms with E-state index in [9.17, 15) is 13.6 Å². The molecule has 0 aliphatic heterocycles. The number of carbonyl (C=O) groups is 1. The van der Waals surface area contributed by atoms with Gasteiger partial charge in [0.2, 0.25) is 0 Å². The van der Waals surface area contributed by atoms with E-state index in [4.69, 9.17) is 0 Å². The van der Waals surface area contributed by atoms with Gasteiger partial charge in [-0.3, -0.25) is 0 Å². The lowest BCUT2D eigenvalue weighted by Gasteiger charge is -2.09. The van der Waals surface area contributed by atoms with Crippen LogP contribution < -0.4 is 10.6 Å². The molecule has 0 saturated heterocycles. The van der Waals surface area contributed by atoms with Gasteiger partial charge in [0.25, 0.3) is 0 Å². The van der Waals surface area contributed by atoms with Crippen LogP contribution in [-0.2, 0) is 0 Å². The van der Waals surface area contributed by atoms with Gasteiger partial charge in [0.05, 0.1) is 5.69 Å². The van der Waals surface area contributed by atoms with Crippen molar-refractivity contribution < 1.29 is 13.6 Å². The molecule has 1 fully saturated rings. The van der Waals surface area contributed by atoms with Crippen molar-refractivity contribution in [2.75, 3.05) is 5.32 Å². The van der Waals surface area contributed by atoms with E-state index < -0.39 is 17.7 Å². The van der Waals surface area contributed by atoms with E-state index in [-0.39, 0.29) is 16.2 Å². The molecule has 1 aromatic rings. The van der Waals surface area contributed by atoms with E-state index in [0.29, 0.717) is 0 Å². The molecular weight excluding hydrogens is 282 g/mol. The fraction of sp³-hybridized carbons (Fsp3) is 0.300. The van der Waals surface area contributed by atoms with E-state index in [2.05, 4.69) is 26.6 Å². The molecule has 2 N–H and O–H groups in total. The molecule has 1 aromatic carbocycles. The lowest BCUT2D eigenvalue weighted by Crippen LogP contribution is -2.30. The van der Waals surface area contributed by atoms with Gasteiger partial charge < -0.3 is 10.6 Å². The van der Waals surface area contributed by atoms with E-state index in [1.165, 1.54) is 0 Å². The Balaban J connectivity index is 2.10. The smallest absolute Gasteiger partial charge is 0.319 e. The summed E-state index contributed by atoms with van der Waals surface area (Å²) in [6.45, 7) is 0. The molecule has 0 unspecified atom stereocenters. The van der Waals surface area contributed by atoms with E-state index in [1.807, 2.05) is 0 Å². The second kappa shape index (κ2) is 4.37. The third kappa shape index (κ3) is 2.69. The first-order valence-corrected chi connectivity index (χ1v) is 5.57. The molecule has 0 aromatic heterocycles. The third-order valence-corrected chi connectivity index (χ3v) is 2.78. The van der Waals surface area contributed by atoms with Crippen molar-refractivity contribution in [2.24, 2.45) is 0 Å². The number of hydrogen-bond acceptors (Lipinski definition) is 1. The Hall–Kier alpha value is -1.17. The van der Waals surface area contributed by atoms with Crippen LogP contribution in [0.2, 0.25) is 0 Å². The van der Waals surface area contributed by atoms with Crippen molar-refractivity contribution in [1.29, 1.82) is 0 Å². The van der Waals surface area contributed by atoms with Gasteiger partial charge >= 0.3 is 6.03 Å². The van der Waals surface area contributed by atoms with E-state index >= 15 is 0 Å². The number of hydrogen-bond donors (Lipinski definition) is 2. The van der Waals surface area contributed by atoms with Crippen LogP contribution in [-0.4, -0.2) is 12.1 Å². The number of halogens is 3. The van der Waals surface area contributed by atoms with Gasteiger partial charge in [-0.25, -0.2) is 13.6 Å². The molecule has 16 heavy (non-hydrogen) atoms. The normalized spacial score (nSPS) is 14.7. The SMILES string of the molecule is O=C(Nc1c(F)cc(F)cc1Br)NC1CC1. The molecule has 1 aliphatic carbocycles. The Morgan fingerprint density at radius 3 is 2.62 bits per heavy atom. The monoisotopic (exact) mass is 290 g/mol. The van der Waals surface area contributed by atoms with Crippen LogP contribution >= 0.6 is 15.9 Å². The van der Waals surface area contributed by atoms with Crippen molar-refractivity contribution in [3.63, 3.8) is 0 Å². The molecule has 0 atom stereocenters. The first kappa shape index (κ1) is 11.3. The van der Waals surface area contributed by atoms with Crippen LogP contribution in [0.4, 0.5) is 19.3 Å². The fourth-order valence-corrected chi connectivity index (χ4v) is 1.73. The zero-order chi connectivity index (χ0) is 11.7. The maximum absolute atomic E-state index is 13.3. The van der Waals surface area contributed by atoms with Crippen molar-refractivity contribution in [1.82, 2.24) is 5.32 Å². The predicted octanol–water partition coefficient (Wildman–Crippen LogP) is 3.01. The zero-order valence-corrected chi connectivity index (χ0v) is 9.77. The standard InChI is InChI=1S/C10H9BrF2N2O/c11-7-3-5(12)4-8(13)9(7)15-10(16)14-6-1-2-6/h3-4,6H,1-2H2,(H2,14,15,16). The quantitative estimate of drug-likeness (QED) is 0.864. The molecule has 3 nitrogen and oxygen atoms in total. The average Bonchev–Trinajstić information content (AvgIpc) is 2.95. The summed E-state index contributed by atoms with van der Waals surface area (Å²) in [5.41, 5.74) is -0.0560. The largest absolute Gasteiger partial charge is 0.335 e. The molecule has 6 heteroatoms. The highest BCUT2D eigenvalue weighted by Gasteiger charge is 2.24. The molecule has 0 bridgehead atoms. The van der Waals surface area contributed by atoms with E-state index in [1.54, 1.807) is 0 Å². The van der Waals surface area contributed by atoms with Crippen LogP contribution in [0, 0.1) is 11.6 Å². The minimum Gasteiger partial charge on any atom is -0.335 e. The second-order valence-corrected chi connectivity index (χ2v) is 4.47. The highest BCUT2D eigenvalue weighted by molar-refractivity contribution is 9.10. The zero-order valence-electron chi connectivity index (χ0n) is 8.19. The molecule has 0 radical (unpaired) electrons. The second-order valence-electron chi connectivity index (χ2n) is 3.62. The number of urea groups is 1. The van der Waals surface area contributed by atoms with Crippen molar-refractivity contribution in [3.8, 4) is 0 Å². The highest BCUT2D eigenvalue weighted by Crippen LogP contribution is 2.27. The molecular formula is C10H9BrF2N2O. The van der Waals surface area contributed by atoms with Crippen LogP contribution in [0.25, 0.3) is 0 Å². The maximum Gasteiger partial charge on any atom is 0.319 e. The number of benzene rings is 1. The summed E-state index contributed by atoms with van der Waals surface area (Å²) < 4.78 is 26.3. The molecule has 1 aliphatic rings. The molecule has 1 saturated carbocycles. The minimum atomic E-state index is -0.808. The van der Waals surface area contributed by atoms with E-state index in [0.717, 1.165) is 25.0 Å². The van der Waals surface area contributed by atoms with Crippen molar-refractivity contribution >= 4 is 27.6 Å². The highest BCUT2D eigenvalue weighted by atomic mass is 79.9. The number of rotatable bonds is 2. The van der Waals surface area contributed by atoms with Gasteiger partial charge in [0.15, 0.2) is 5.82 Å². The van der Waals surface area contributed by atoms with Gasteiger partial charge in [0.1, 0.15) is 5.82 Å². The van der Waals surface area contributed by atoms with Gasteiger partial charge in [-0.15, -0.1) is 0 Å². The first-order valence-electron chi connectivity index (χ1n) is 4.78. The van der Waals surface area contributed by atoms with Crippen LogP contribution in [0.15, 0.2) is 16.6 Å². The Labute approximate surface area is 99.3 Å².